The smallest absolute Gasteiger partial charge is 0.326 e. The van der Waals surface area contributed by atoms with Crippen molar-refractivity contribution in [3.63, 3.8) is 0 Å². The van der Waals surface area contributed by atoms with Gasteiger partial charge < -0.3 is 10.1 Å². The number of thiol groups is 1. The van der Waals surface area contributed by atoms with Crippen molar-refractivity contribution in [3.05, 3.63) is 58.5 Å². The van der Waals surface area contributed by atoms with Crippen molar-refractivity contribution >= 4 is 57.0 Å². The van der Waals surface area contributed by atoms with Gasteiger partial charge in [0.25, 0.3) is 0 Å². The number of aliphatic carboxylic acids is 1. The number of hydrogen-bond donors (Lipinski definition) is 3. The van der Waals surface area contributed by atoms with Gasteiger partial charge in [-0.1, -0.05) is 22.0 Å². The Balaban J connectivity index is 1.75. The van der Waals surface area contributed by atoms with E-state index in [2.05, 4.69) is 50.7 Å². The standard InChI is InChI=1S/C22H22BrN3O3S/c1-12(22(28)29)26(20-10-25-19-9-24-7-6-17(19)20)21(27)18(11-30)16-4-2-13-8-14(23)3-5-15(13)16/h3,5-10,12,16,18,25,30H,2,4,11H2,1H3,(H,28,29)/t12-,16?,18?/m0/s1. The fraction of sp³-hybridized carbons (Fsp3) is 0.318. The molecule has 156 valence electrons. The Morgan fingerprint density at radius 2 is 2.20 bits per heavy atom. The van der Waals surface area contributed by atoms with Gasteiger partial charge in [-0.15, -0.1) is 0 Å². The zero-order chi connectivity index (χ0) is 21.4. The summed E-state index contributed by atoms with van der Waals surface area (Å²) in [5.74, 6) is -1.36. The molecule has 0 spiro atoms. The molecule has 30 heavy (non-hydrogen) atoms. The summed E-state index contributed by atoms with van der Waals surface area (Å²) in [5.41, 5.74) is 3.68. The van der Waals surface area contributed by atoms with Crippen molar-refractivity contribution in [1.82, 2.24) is 9.97 Å². The number of carboxylic acid groups (broad SMARTS) is 1. The maximum Gasteiger partial charge on any atom is 0.326 e. The van der Waals surface area contributed by atoms with Crippen LogP contribution >= 0.6 is 28.6 Å². The normalized spacial score (nSPS) is 17.5. The predicted octanol–water partition coefficient (Wildman–Crippen LogP) is 4.41. The number of aryl methyl sites for hydroxylation is 1. The number of nitrogens with zero attached hydrogens (tertiary/aromatic N) is 2. The highest BCUT2D eigenvalue weighted by Gasteiger charge is 2.39. The summed E-state index contributed by atoms with van der Waals surface area (Å²) in [7, 11) is 0. The highest BCUT2D eigenvalue weighted by atomic mass is 79.9. The number of H-pyrrole nitrogens is 1. The fourth-order valence-corrected chi connectivity index (χ4v) is 5.20. The van der Waals surface area contributed by atoms with Crippen molar-refractivity contribution in [2.75, 3.05) is 10.7 Å². The number of rotatable bonds is 6. The van der Waals surface area contributed by atoms with E-state index < -0.39 is 17.9 Å². The van der Waals surface area contributed by atoms with Crippen molar-refractivity contribution in [2.24, 2.45) is 5.92 Å². The number of carbonyl (C=O) groups is 2. The van der Waals surface area contributed by atoms with Crippen LogP contribution in [0.3, 0.4) is 0 Å². The first-order valence-corrected chi connectivity index (χ1v) is 11.2. The van der Waals surface area contributed by atoms with Crippen LogP contribution in [0.4, 0.5) is 5.69 Å². The molecule has 1 amide bonds. The Kier molecular flexibility index (Phi) is 5.88. The lowest BCUT2D eigenvalue weighted by atomic mass is 9.87. The van der Waals surface area contributed by atoms with Gasteiger partial charge >= 0.3 is 5.97 Å². The van der Waals surface area contributed by atoms with E-state index in [1.807, 2.05) is 6.07 Å². The molecule has 0 saturated carbocycles. The summed E-state index contributed by atoms with van der Waals surface area (Å²) >= 11 is 8.02. The van der Waals surface area contributed by atoms with Gasteiger partial charge in [-0.2, -0.15) is 12.6 Å². The van der Waals surface area contributed by atoms with E-state index in [-0.39, 0.29) is 11.8 Å². The third kappa shape index (κ3) is 3.63. The van der Waals surface area contributed by atoms with Gasteiger partial charge in [-0.3, -0.25) is 14.7 Å². The lowest BCUT2D eigenvalue weighted by Crippen LogP contribution is -2.47. The van der Waals surface area contributed by atoms with Crippen molar-refractivity contribution in [2.45, 2.75) is 31.7 Å². The third-order valence-corrected chi connectivity index (χ3v) is 6.82. The molecule has 1 aliphatic rings. The minimum Gasteiger partial charge on any atom is -0.480 e. The first-order valence-electron chi connectivity index (χ1n) is 9.78. The Morgan fingerprint density at radius 1 is 1.40 bits per heavy atom. The molecular weight excluding hydrogens is 466 g/mol. The number of nitrogens with one attached hydrogen (secondary N) is 1. The fourth-order valence-electron chi connectivity index (χ4n) is 4.38. The molecule has 2 unspecified atom stereocenters. The number of halogens is 1. The minimum atomic E-state index is -1.06. The number of pyridine rings is 1. The van der Waals surface area contributed by atoms with E-state index in [1.165, 1.54) is 17.4 Å². The third-order valence-electron chi connectivity index (χ3n) is 5.93. The number of carbonyl (C=O) groups excluding carboxylic acids is 1. The molecule has 4 rings (SSSR count). The van der Waals surface area contributed by atoms with Crippen LogP contribution in [0.1, 0.15) is 30.4 Å². The average Bonchev–Trinajstić information content (AvgIpc) is 3.33. The van der Waals surface area contributed by atoms with Crippen LogP contribution in [-0.4, -0.2) is 38.7 Å². The molecule has 3 atom stereocenters. The van der Waals surface area contributed by atoms with Crippen molar-refractivity contribution in [3.8, 4) is 0 Å². The number of hydrogen-bond acceptors (Lipinski definition) is 4. The van der Waals surface area contributed by atoms with Crippen LogP contribution in [0.5, 0.6) is 0 Å². The zero-order valence-corrected chi connectivity index (χ0v) is 18.9. The van der Waals surface area contributed by atoms with Gasteiger partial charge in [0.15, 0.2) is 0 Å². The Labute approximate surface area is 188 Å². The molecule has 0 bridgehead atoms. The lowest BCUT2D eigenvalue weighted by Gasteiger charge is -2.32. The van der Waals surface area contributed by atoms with Crippen LogP contribution in [0, 0.1) is 5.92 Å². The van der Waals surface area contributed by atoms with Gasteiger partial charge in [-0.25, -0.2) is 4.79 Å². The molecule has 0 saturated heterocycles. The molecule has 0 aliphatic heterocycles. The number of anilines is 1. The summed E-state index contributed by atoms with van der Waals surface area (Å²) in [6, 6.07) is 6.91. The van der Waals surface area contributed by atoms with E-state index in [9.17, 15) is 14.7 Å². The van der Waals surface area contributed by atoms with Crippen LogP contribution in [0.25, 0.3) is 10.9 Å². The number of benzene rings is 1. The number of fused-ring (bicyclic) bond motifs is 2. The van der Waals surface area contributed by atoms with Crippen LogP contribution < -0.4 is 4.90 Å². The van der Waals surface area contributed by atoms with Gasteiger partial charge in [0.05, 0.1) is 23.3 Å². The number of amides is 1. The van der Waals surface area contributed by atoms with Crippen molar-refractivity contribution < 1.29 is 14.7 Å². The summed E-state index contributed by atoms with van der Waals surface area (Å²) < 4.78 is 1.02. The van der Waals surface area contributed by atoms with Gasteiger partial charge in [0, 0.05) is 28.0 Å². The van der Waals surface area contributed by atoms with E-state index in [0.717, 1.165) is 33.8 Å². The lowest BCUT2D eigenvalue weighted by molar-refractivity contribution is -0.140. The molecule has 0 radical (unpaired) electrons. The quantitative estimate of drug-likeness (QED) is 0.449. The number of carboxylic acids is 1. The molecule has 2 heterocycles. The maximum absolute atomic E-state index is 13.8. The summed E-state index contributed by atoms with van der Waals surface area (Å²) in [6.07, 6.45) is 6.71. The summed E-state index contributed by atoms with van der Waals surface area (Å²) in [6.45, 7) is 1.54. The van der Waals surface area contributed by atoms with E-state index in [0.29, 0.717) is 11.4 Å². The number of aromatic nitrogens is 2. The average molecular weight is 488 g/mol. The van der Waals surface area contributed by atoms with E-state index in [4.69, 9.17) is 0 Å². The Bertz CT molecular complexity index is 1120. The Morgan fingerprint density at radius 3 is 2.93 bits per heavy atom. The number of aromatic amines is 1. The molecule has 6 nitrogen and oxygen atoms in total. The molecule has 1 aliphatic carbocycles. The topological polar surface area (TPSA) is 86.3 Å². The highest BCUT2D eigenvalue weighted by molar-refractivity contribution is 9.10. The van der Waals surface area contributed by atoms with Crippen molar-refractivity contribution in [1.29, 1.82) is 0 Å². The molecular formula is C22H22BrN3O3S. The first-order chi connectivity index (χ1) is 14.4. The van der Waals surface area contributed by atoms with E-state index in [1.54, 1.807) is 24.7 Å². The van der Waals surface area contributed by atoms with Crippen LogP contribution in [0.15, 0.2) is 47.3 Å². The molecule has 1 aromatic carbocycles. The molecule has 8 heteroatoms. The van der Waals surface area contributed by atoms with Gasteiger partial charge in [0.2, 0.25) is 5.91 Å². The Hall–Kier alpha value is -2.32. The highest BCUT2D eigenvalue weighted by Crippen LogP contribution is 2.42. The second kappa shape index (κ2) is 8.43. The van der Waals surface area contributed by atoms with Crippen LogP contribution in [0.2, 0.25) is 0 Å². The molecule has 3 aromatic rings. The van der Waals surface area contributed by atoms with Gasteiger partial charge in [0.1, 0.15) is 6.04 Å². The first kappa shape index (κ1) is 20.9. The van der Waals surface area contributed by atoms with Gasteiger partial charge in [-0.05, 0) is 55.0 Å². The zero-order valence-electron chi connectivity index (χ0n) is 16.4. The molecule has 0 fully saturated rings. The monoisotopic (exact) mass is 487 g/mol. The van der Waals surface area contributed by atoms with E-state index >= 15 is 0 Å². The second-order valence-electron chi connectivity index (χ2n) is 7.59. The predicted molar refractivity (Wildman–Crippen MR) is 123 cm³/mol. The second-order valence-corrected chi connectivity index (χ2v) is 8.88. The summed E-state index contributed by atoms with van der Waals surface area (Å²) in [4.78, 5) is 34.3. The molecule has 2 N–H and O–H groups in total. The minimum absolute atomic E-state index is 0.00784. The largest absolute Gasteiger partial charge is 0.480 e. The molecule has 2 aromatic heterocycles. The maximum atomic E-state index is 13.8. The van der Waals surface area contributed by atoms with Crippen LogP contribution in [-0.2, 0) is 16.0 Å². The SMILES string of the molecule is C[C@@H](C(=O)O)N(C(=O)C(CS)C1CCc2cc(Br)ccc21)c1c[nH]c2cnccc12. The summed E-state index contributed by atoms with van der Waals surface area (Å²) in [5, 5.41) is 10.5.